The molecule has 0 bridgehead atoms. The maximum atomic E-state index is 13.3. The second kappa shape index (κ2) is 12.5. The second-order valence-corrected chi connectivity index (χ2v) is 15.0. The van der Waals surface area contributed by atoms with E-state index in [1.54, 1.807) is 40.5 Å². The number of nitrogens with zero attached hydrogens (tertiary/aromatic N) is 3. The number of rotatable bonds is 8. The predicted octanol–water partition coefficient (Wildman–Crippen LogP) is 7.36. The summed E-state index contributed by atoms with van der Waals surface area (Å²) in [6.45, 7) is 3.50. The molecule has 224 valence electrons. The number of carbonyl (C=O) groups excluding carboxylic acids is 1. The zero-order valence-electron chi connectivity index (χ0n) is 23.5. The minimum atomic E-state index is -3.35. The molecular formula is C31H33Cl4N3O3S. The number of sulfonamides is 1. The van der Waals surface area contributed by atoms with Crippen LogP contribution in [0.15, 0.2) is 60.7 Å². The van der Waals surface area contributed by atoms with Crippen molar-refractivity contribution < 1.29 is 13.2 Å². The van der Waals surface area contributed by atoms with Crippen molar-refractivity contribution in [2.45, 2.75) is 30.6 Å². The smallest absolute Gasteiger partial charge is 0.253 e. The van der Waals surface area contributed by atoms with Crippen LogP contribution in [0.1, 0.15) is 46.7 Å². The summed E-state index contributed by atoms with van der Waals surface area (Å²) < 4.78 is 26.7. The Labute approximate surface area is 268 Å². The fourth-order valence-electron chi connectivity index (χ4n) is 6.29. The van der Waals surface area contributed by atoms with Gasteiger partial charge in [-0.05, 0) is 86.4 Å². The molecule has 0 aromatic heterocycles. The van der Waals surface area contributed by atoms with Crippen LogP contribution in [0.5, 0.6) is 0 Å². The van der Waals surface area contributed by atoms with Crippen LogP contribution in [-0.4, -0.2) is 70.2 Å². The van der Waals surface area contributed by atoms with Gasteiger partial charge in [0.1, 0.15) is 0 Å². The second-order valence-electron chi connectivity index (χ2n) is 11.4. The van der Waals surface area contributed by atoms with E-state index < -0.39 is 10.0 Å². The van der Waals surface area contributed by atoms with Gasteiger partial charge in [0, 0.05) is 47.1 Å². The molecule has 1 fully saturated rings. The molecule has 0 saturated carbocycles. The van der Waals surface area contributed by atoms with Gasteiger partial charge < -0.3 is 9.80 Å². The van der Waals surface area contributed by atoms with Crippen molar-refractivity contribution in [1.29, 1.82) is 0 Å². The molecule has 5 rings (SSSR count). The van der Waals surface area contributed by atoms with E-state index in [4.69, 9.17) is 46.4 Å². The van der Waals surface area contributed by atoms with Crippen molar-refractivity contribution in [2.75, 3.05) is 50.3 Å². The fourth-order valence-corrected chi connectivity index (χ4v) is 8.12. The molecule has 2 aliphatic rings. The number of para-hydroxylation sites is 1. The van der Waals surface area contributed by atoms with E-state index in [-0.39, 0.29) is 17.2 Å². The van der Waals surface area contributed by atoms with Gasteiger partial charge in [0.2, 0.25) is 10.0 Å². The van der Waals surface area contributed by atoms with Gasteiger partial charge in [0.05, 0.1) is 22.0 Å². The normalized spacial score (nSPS) is 17.3. The van der Waals surface area contributed by atoms with E-state index in [0.29, 0.717) is 38.7 Å². The lowest BCUT2D eigenvalue weighted by Crippen LogP contribution is -2.46. The first kappa shape index (κ1) is 31.4. The van der Waals surface area contributed by atoms with Crippen molar-refractivity contribution in [2.24, 2.45) is 0 Å². The third kappa shape index (κ3) is 6.72. The maximum absolute atomic E-state index is 13.3. The Morgan fingerprint density at radius 3 is 2.26 bits per heavy atom. The molecule has 0 N–H and O–H groups in total. The molecule has 0 aliphatic carbocycles. The molecule has 1 amide bonds. The van der Waals surface area contributed by atoms with Gasteiger partial charge in [-0.1, -0.05) is 70.7 Å². The highest BCUT2D eigenvalue weighted by Crippen LogP contribution is 2.48. The standard InChI is InChI=1S/C31H33Cl4N3O3S/c1-36(30(39)23-15-24(32)18-25(33)16-23)19-22(21-7-8-27(34)28(35)17-21)9-12-37-13-10-31(11-14-37)20-38(42(2,40)41)29-6-4-3-5-26(29)31/h3-8,15-18,22H,9-14,19-20H2,1-2H3. The molecule has 1 spiro atoms. The highest BCUT2D eigenvalue weighted by Gasteiger charge is 2.46. The van der Waals surface area contributed by atoms with Gasteiger partial charge in [-0.15, -0.1) is 0 Å². The Hall–Kier alpha value is -2.00. The Morgan fingerprint density at radius 2 is 1.62 bits per heavy atom. The highest BCUT2D eigenvalue weighted by molar-refractivity contribution is 7.92. The summed E-state index contributed by atoms with van der Waals surface area (Å²) in [7, 11) is -1.58. The fraction of sp³-hybridized carbons (Fsp3) is 0.387. The first-order chi connectivity index (χ1) is 19.9. The van der Waals surface area contributed by atoms with Crippen LogP contribution in [-0.2, 0) is 15.4 Å². The number of carbonyl (C=O) groups is 1. The van der Waals surface area contributed by atoms with Gasteiger partial charge >= 0.3 is 0 Å². The van der Waals surface area contributed by atoms with Crippen LogP contribution < -0.4 is 4.31 Å². The first-order valence-electron chi connectivity index (χ1n) is 13.8. The molecule has 3 aromatic carbocycles. The molecule has 1 atom stereocenters. The average molecular weight is 670 g/mol. The van der Waals surface area contributed by atoms with E-state index >= 15 is 0 Å². The number of piperidine rings is 1. The summed E-state index contributed by atoms with van der Waals surface area (Å²) >= 11 is 24.9. The van der Waals surface area contributed by atoms with Gasteiger partial charge in [-0.25, -0.2) is 8.42 Å². The average Bonchev–Trinajstić information content (AvgIpc) is 3.27. The number of likely N-dealkylation sites (N-methyl/N-ethyl adjacent to an activating group) is 1. The number of amides is 1. The van der Waals surface area contributed by atoms with Crippen LogP contribution in [0.4, 0.5) is 5.69 Å². The first-order valence-corrected chi connectivity index (χ1v) is 17.2. The van der Waals surface area contributed by atoms with Crippen LogP contribution in [0.25, 0.3) is 0 Å². The highest BCUT2D eigenvalue weighted by atomic mass is 35.5. The SMILES string of the molecule is CN(CC(CCN1CCC2(CC1)CN(S(C)(=O)=O)c1ccccc12)c1ccc(Cl)c(Cl)c1)C(=O)c1cc(Cl)cc(Cl)c1. The zero-order valence-corrected chi connectivity index (χ0v) is 27.3. The van der Waals surface area contributed by atoms with Crippen molar-refractivity contribution in [3.8, 4) is 0 Å². The van der Waals surface area contributed by atoms with E-state index in [1.165, 1.54) is 6.26 Å². The van der Waals surface area contributed by atoms with Crippen LogP contribution in [0.2, 0.25) is 20.1 Å². The topological polar surface area (TPSA) is 60.9 Å². The molecule has 0 radical (unpaired) electrons. The van der Waals surface area contributed by atoms with Crippen LogP contribution in [0.3, 0.4) is 0 Å². The minimum absolute atomic E-state index is 0.00666. The molecule has 1 unspecified atom stereocenters. The van der Waals surface area contributed by atoms with E-state index in [9.17, 15) is 13.2 Å². The molecule has 3 aromatic rings. The molecule has 2 aliphatic heterocycles. The molecular weight excluding hydrogens is 636 g/mol. The molecule has 2 heterocycles. The number of fused-ring (bicyclic) bond motifs is 2. The number of anilines is 1. The monoisotopic (exact) mass is 667 g/mol. The quantitative estimate of drug-likeness (QED) is 0.252. The van der Waals surface area contributed by atoms with Crippen LogP contribution >= 0.6 is 46.4 Å². The van der Waals surface area contributed by atoms with E-state index in [1.807, 2.05) is 30.3 Å². The number of halogens is 4. The maximum Gasteiger partial charge on any atom is 0.253 e. The van der Waals surface area contributed by atoms with Gasteiger partial charge in [0.25, 0.3) is 5.91 Å². The number of likely N-dealkylation sites (tertiary alicyclic amines) is 1. The third-order valence-corrected chi connectivity index (χ3v) is 10.9. The lowest BCUT2D eigenvalue weighted by atomic mass is 9.74. The summed E-state index contributed by atoms with van der Waals surface area (Å²) in [6.07, 6.45) is 3.83. The largest absolute Gasteiger partial charge is 0.341 e. The van der Waals surface area contributed by atoms with Gasteiger partial charge in [-0.3, -0.25) is 9.10 Å². The molecule has 42 heavy (non-hydrogen) atoms. The van der Waals surface area contributed by atoms with Crippen LogP contribution in [0, 0.1) is 0 Å². The molecule has 6 nitrogen and oxygen atoms in total. The number of benzene rings is 3. The Morgan fingerprint density at radius 1 is 0.952 bits per heavy atom. The molecule has 11 heteroatoms. The van der Waals surface area contributed by atoms with Crippen molar-refractivity contribution in [3.63, 3.8) is 0 Å². The van der Waals surface area contributed by atoms with Gasteiger partial charge in [0.15, 0.2) is 0 Å². The summed E-state index contributed by atoms with van der Waals surface area (Å²) in [6, 6.07) is 18.4. The number of hydrogen-bond donors (Lipinski definition) is 0. The lowest BCUT2D eigenvalue weighted by Gasteiger charge is -2.40. The number of hydrogen-bond acceptors (Lipinski definition) is 4. The minimum Gasteiger partial charge on any atom is -0.341 e. The van der Waals surface area contributed by atoms with E-state index in [2.05, 4.69) is 11.0 Å². The Bertz CT molecular complexity index is 1570. The Kier molecular flexibility index (Phi) is 9.39. The molecule has 1 saturated heterocycles. The van der Waals surface area contributed by atoms with E-state index in [0.717, 1.165) is 55.7 Å². The summed E-state index contributed by atoms with van der Waals surface area (Å²) in [5.41, 5.74) is 3.20. The summed E-state index contributed by atoms with van der Waals surface area (Å²) in [4.78, 5) is 17.4. The van der Waals surface area contributed by atoms with Crippen molar-refractivity contribution >= 4 is 68.0 Å². The predicted molar refractivity (Wildman–Crippen MR) is 173 cm³/mol. The van der Waals surface area contributed by atoms with Crippen molar-refractivity contribution in [1.82, 2.24) is 9.80 Å². The summed E-state index contributed by atoms with van der Waals surface area (Å²) in [5, 5.41) is 1.78. The zero-order chi connectivity index (χ0) is 30.2. The van der Waals surface area contributed by atoms with Crippen molar-refractivity contribution in [3.05, 3.63) is 97.4 Å². The lowest BCUT2D eigenvalue weighted by molar-refractivity contribution is 0.0780. The van der Waals surface area contributed by atoms with Gasteiger partial charge in [-0.2, -0.15) is 0 Å². The summed E-state index contributed by atoms with van der Waals surface area (Å²) in [5.74, 6) is -0.160. The third-order valence-electron chi connectivity index (χ3n) is 8.56. The Balaban J connectivity index is 1.29.